The maximum Gasteiger partial charge on any atom is 0.360 e. The molecule has 0 saturated carbocycles. The van der Waals surface area contributed by atoms with Gasteiger partial charge in [0.15, 0.2) is 11.5 Å². The molecule has 0 amide bonds. The summed E-state index contributed by atoms with van der Waals surface area (Å²) in [6.07, 6.45) is 0. The lowest BCUT2D eigenvalue weighted by Crippen LogP contribution is -2.19. The minimum absolute atomic E-state index is 0.00427. The van der Waals surface area contributed by atoms with Crippen molar-refractivity contribution in [3.05, 3.63) is 65.2 Å². The van der Waals surface area contributed by atoms with Gasteiger partial charge in [0.25, 0.3) is 0 Å². The first-order valence-electron chi connectivity index (χ1n) is 7.58. The fourth-order valence-corrected chi connectivity index (χ4v) is 2.21. The zero-order chi connectivity index (χ0) is 18.2. The van der Waals surface area contributed by atoms with E-state index in [2.05, 4.69) is 5.16 Å². The number of methoxy groups -OCH3 is 1. The van der Waals surface area contributed by atoms with Crippen molar-refractivity contribution in [2.75, 3.05) is 14.2 Å². The fourth-order valence-electron chi connectivity index (χ4n) is 2.21. The van der Waals surface area contributed by atoms with Gasteiger partial charge in [-0.3, -0.25) is 4.79 Å². The van der Waals surface area contributed by atoms with Gasteiger partial charge in [-0.1, -0.05) is 29.4 Å². The van der Waals surface area contributed by atoms with Crippen LogP contribution in [-0.4, -0.2) is 31.7 Å². The van der Waals surface area contributed by atoms with E-state index in [1.807, 2.05) is 12.1 Å². The molecular weight excluding hydrogens is 322 g/mol. The zero-order valence-electron chi connectivity index (χ0n) is 14.3. The normalized spacial score (nSPS) is 10.9. The number of carbonyl (C=O) groups excluding carboxylic acids is 2. The number of esters is 1. The maximum absolute atomic E-state index is 11.9. The summed E-state index contributed by atoms with van der Waals surface area (Å²) in [5.41, 5.74) is 2.00. The number of benzene rings is 2. The summed E-state index contributed by atoms with van der Waals surface area (Å²) in [7, 11) is 2.64. The number of oxime groups is 1. The molecule has 0 aliphatic rings. The quantitative estimate of drug-likeness (QED) is 0.335. The number of ketones is 1. The third kappa shape index (κ3) is 4.67. The summed E-state index contributed by atoms with van der Waals surface area (Å²) in [5, 5.41) is 3.76. The molecule has 0 fully saturated rings. The van der Waals surface area contributed by atoms with Crippen molar-refractivity contribution >= 4 is 17.5 Å². The summed E-state index contributed by atoms with van der Waals surface area (Å²) in [6.45, 7) is 1.73. The first-order valence-corrected chi connectivity index (χ1v) is 7.58. The van der Waals surface area contributed by atoms with E-state index in [1.54, 1.807) is 36.4 Å². The molecule has 0 aliphatic carbocycles. The Kier molecular flexibility index (Phi) is 6.28. The van der Waals surface area contributed by atoms with Crippen LogP contribution in [0, 0.1) is 0 Å². The van der Waals surface area contributed by atoms with E-state index in [1.165, 1.54) is 21.1 Å². The van der Waals surface area contributed by atoms with Crippen LogP contribution in [-0.2, 0) is 21.0 Å². The Bertz CT molecular complexity index is 781. The molecule has 2 aromatic rings. The van der Waals surface area contributed by atoms with E-state index in [-0.39, 0.29) is 18.1 Å². The standard InChI is InChI=1S/C19H19NO5/c1-13(21)14-8-10-16(11-9-14)25-12-15-6-4-5-7-17(15)18(20-24-3)19(22)23-2/h4-11H,12H2,1-3H3. The monoisotopic (exact) mass is 341 g/mol. The van der Waals surface area contributed by atoms with Crippen LogP contribution in [0.3, 0.4) is 0 Å². The Hall–Kier alpha value is -3.15. The minimum atomic E-state index is -0.597. The van der Waals surface area contributed by atoms with Gasteiger partial charge in [-0.2, -0.15) is 0 Å². The summed E-state index contributed by atoms with van der Waals surface area (Å²) in [5.74, 6) is 0.0126. The predicted octanol–water partition coefficient (Wildman–Crippen LogP) is 2.99. The Balaban J connectivity index is 2.21. The average molecular weight is 341 g/mol. The van der Waals surface area contributed by atoms with Crippen molar-refractivity contribution in [2.45, 2.75) is 13.5 Å². The van der Waals surface area contributed by atoms with E-state index in [4.69, 9.17) is 14.3 Å². The molecule has 0 N–H and O–H groups in total. The van der Waals surface area contributed by atoms with Crippen molar-refractivity contribution in [3.8, 4) is 5.75 Å². The second-order valence-electron chi connectivity index (χ2n) is 5.14. The lowest BCUT2D eigenvalue weighted by Gasteiger charge is -2.12. The van der Waals surface area contributed by atoms with Gasteiger partial charge in [0.2, 0.25) is 0 Å². The number of rotatable bonds is 7. The fraction of sp³-hybridized carbons (Fsp3) is 0.211. The van der Waals surface area contributed by atoms with Gasteiger partial charge in [-0.05, 0) is 36.8 Å². The van der Waals surface area contributed by atoms with Crippen LogP contribution < -0.4 is 4.74 Å². The van der Waals surface area contributed by atoms with Crippen molar-refractivity contribution in [1.82, 2.24) is 0 Å². The molecule has 6 heteroatoms. The van der Waals surface area contributed by atoms with E-state index < -0.39 is 5.97 Å². The van der Waals surface area contributed by atoms with Gasteiger partial charge in [0.1, 0.15) is 19.5 Å². The predicted molar refractivity (Wildman–Crippen MR) is 92.8 cm³/mol. The van der Waals surface area contributed by atoms with E-state index in [9.17, 15) is 9.59 Å². The zero-order valence-corrected chi connectivity index (χ0v) is 14.3. The summed E-state index contributed by atoms with van der Waals surface area (Å²) in [6, 6.07) is 14.1. The first-order chi connectivity index (χ1) is 12.1. The summed E-state index contributed by atoms with van der Waals surface area (Å²) in [4.78, 5) is 28.0. The van der Waals surface area contributed by atoms with Crippen LogP contribution in [0.25, 0.3) is 0 Å². The second kappa shape index (κ2) is 8.63. The Labute approximate surface area is 146 Å². The number of Topliss-reactive ketones (excluding diaryl/α,β-unsaturated/α-hetero) is 1. The molecule has 0 radical (unpaired) electrons. The number of hydrogen-bond acceptors (Lipinski definition) is 6. The molecular formula is C19H19NO5. The SMILES string of the molecule is CON=C(C(=O)OC)c1ccccc1COc1ccc(C(C)=O)cc1. The van der Waals surface area contributed by atoms with Gasteiger partial charge in [-0.15, -0.1) is 0 Å². The van der Waals surface area contributed by atoms with Crippen molar-refractivity contribution in [2.24, 2.45) is 5.16 Å². The molecule has 130 valence electrons. The largest absolute Gasteiger partial charge is 0.489 e. The van der Waals surface area contributed by atoms with Crippen molar-refractivity contribution in [3.63, 3.8) is 0 Å². The van der Waals surface area contributed by atoms with Crippen molar-refractivity contribution in [1.29, 1.82) is 0 Å². The van der Waals surface area contributed by atoms with E-state index >= 15 is 0 Å². The summed E-state index contributed by atoms with van der Waals surface area (Å²) >= 11 is 0. The summed E-state index contributed by atoms with van der Waals surface area (Å²) < 4.78 is 10.5. The molecule has 0 saturated heterocycles. The first kappa shape index (κ1) is 18.2. The highest BCUT2D eigenvalue weighted by Gasteiger charge is 2.19. The van der Waals surface area contributed by atoms with Gasteiger partial charge in [-0.25, -0.2) is 4.79 Å². The Morgan fingerprint density at radius 3 is 2.28 bits per heavy atom. The van der Waals surface area contributed by atoms with Crippen LogP contribution in [0.1, 0.15) is 28.4 Å². The molecule has 0 spiro atoms. The smallest absolute Gasteiger partial charge is 0.360 e. The molecule has 0 unspecified atom stereocenters. The van der Waals surface area contributed by atoms with Crippen molar-refractivity contribution < 1.29 is 23.9 Å². The molecule has 0 atom stereocenters. The Morgan fingerprint density at radius 1 is 1.00 bits per heavy atom. The highest BCUT2D eigenvalue weighted by molar-refractivity contribution is 6.43. The average Bonchev–Trinajstić information content (AvgIpc) is 2.64. The lowest BCUT2D eigenvalue weighted by molar-refractivity contribution is -0.132. The van der Waals surface area contributed by atoms with Crippen LogP contribution in [0.15, 0.2) is 53.7 Å². The Morgan fingerprint density at radius 2 is 1.68 bits per heavy atom. The van der Waals surface area contributed by atoms with Gasteiger partial charge in [0.05, 0.1) is 7.11 Å². The minimum Gasteiger partial charge on any atom is -0.489 e. The molecule has 0 aromatic heterocycles. The van der Waals surface area contributed by atoms with Crippen LogP contribution in [0.2, 0.25) is 0 Å². The van der Waals surface area contributed by atoms with Crippen LogP contribution in [0.4, 0.5) is 0 Å². The lowest BCUT2D eigenvalue weighted by atomic mass is 10.0. The van der Waals surface area contributed by atoms with E-state index in [0.717, 1.165) is 5.56 Å². The topological polar surface area (TPSA) is 74.2 Å². The molecule has 6 nitrogen and oxygen atoms in total. The molecule has 0 heterocycles. The number of nitrogens with zero attached hydrogens (tertiary/aromatic N) is 1. The van der Waals surface area contributed by atoms with Gasteiger partial charge in [0, 0.05) is 11.1 Å². The van der Waals surface area contributed by atoms with Crippen LogP contribution >= 0.6 is 0 Å². The molecule has 0 aliphatic heterocycles. The highest BCUT2D eigenvalue weighted by atomic mass is 16.6. The van der Waals surface area contributed by atoms with Crippen LogP contribution in [0.5, 0.6) is 5.75 Å². The number of hydrogen-bond donors (Lipinski definition) is 0. The number of carbonyl (C=O) groups is 2. The third-order valence-electron chi connectivity index (χ3n) is 3.49. The van der Waals surface area contributed by atoms with Gasteiger partial charge < -0.3 is 14.3 Å². The number of ether oxygens (including phenoxy) is 2. The molecule has 25 heavy (non-hydrogen) atoms. The third-order valence-corrected chi connectivity index (χ3v) is 3.49. The van der Waals surface area contributed by atoms with E-state index in [0.29, 0.717) is 16.9 Å². The molecule has 0 bridgehead atoms. The molecule has 2 rings (SSSR count). The maximum atomic E-state index is 11.9. The second-order valence-corrected chi connectivity index (χ2v) is 5.14. The molecule has 2 aromatic carbocycles. The van der Waals surface area contributed by atoms with Gasteiger partial charge >= 0.3 is 5.97 Å². The highest BCUT2D eigenvalue weighted by Crippen LogP contribution is 2.17.